The van der Waals surface area contributed by atoms with Crippen molar-refractivity contribution in [3.05, 3.63) is 51.3 Å². The normalized spacial score (nSPS) is 10.5. The standard InChI is InChI=1S/C17H16Cl2N2O5/c1-3-25-16(23)13-8-14(17(24)26-4-2)21(20-13)9-15(22)11-6-5-10(18)7-12(11)19/h5-8H,3-4,9H2,1-2H3. The van der Waals surface area contributed by atoms with Gasteiger partial charge in [-0.3, -0.25) is 4.79 Å². The molecule has 2 rings (SSSR count). The fraction of sp³-hybridized carbons (Fsp3) is 0.294. The zero-order chi connectivity index (χ0) is 19.3. The largest absolute Gasteiger partial charge is 0.461 e. The topological polar surface area (TPSA) is 87.5 Å². The maximum absolute atomic E-state index is 12.5. The van der Waals surface area contributed by atoms with Crippen LogP contribution in [0, 0.1) is 0 Å². The Labute approximate surface area is 159 Å². The third-order valence-corrected chi connectivity index (χ3v) is 3.82. The summed E-state index contributed by atoms with van der Waals surface area (Å²) in [5.74, 6) is -1.81. The maximum Gasteiger partial charge on any atom is 0.358 e. The highest BCUT2D eigenvalue weighted by Crippen LogP contribution is 2.22. The van der Waals surface area contributed by atoms with Crippen molar-refractivity contribution in [2.75, 3.05) is 13.2 Å². The molecule has 0 aliphatic heterocycles. The molecule has 0 N–H and O–H groups in total. The summed E-state index contributed by atoms with van der Waals surface area (Å²) >= 11 is 11.9. The van der Waals surface area contributed by atoms with E-state index in [0.717, 1.165) is 4.68 Å². The summed E-state index contributed by atoms with van der Waals surface area (Å²) in [4.78, 5) is 36.5. The second kappa shape index (κ2) is 8.82. The minimum Gasteiger partial charge on any atom is -0.461 e. The number of hydrogen-bond donors (Lipinski definition) is 0. The zero-order valence-electron chi connectivity index (χ0n) is 14.1. The minimum absolute atomic E-state index is 0.0339. The monoisotopic (exact) mass is 398 g/mol. The van der Waals surface area contributed by atoms with Crippen molar-refractivity contribution in [3.63, 3.8) is 0 Å². The van der Waals surface area contributed by atoms with Gasteiger partial charge in [-0.15, -0.1) is 0 Å². The van der Waals surface area contributed by atoms with E-state index in [1.807, 2.05) is 0 Å². The molecule has 0 aliphatic carbocycles. The van der Waals surface area contributed by atoms with Crippen LogP contribution in [0.1, 0.15) is 45.2 Å². The molecule has 0 fully saturated rings. The van der Waals surface area contributed by atoms with Crippen molar-refractivity contribution in [1.82, 2.24) is 9.78 Å². The molecule has 0 bridgehead atoms. The Morgan fingerprint density at radius 1 is 1.04 bits per heavy atom. The van der Waals surface area contributed by atoms with Crippen LogP contribution in [0.4, 0.5) is 0 Å². The fourth-order valence-corrected chi connectivity index (χ4v) is 2.66. The molecule has 0 radical (unpaired) electrons. The Balaban J connectivity index is 2.35. The van der Waals surface area contributed by atoms with Gasteiger partial charge in [0.2, 0.25) is 0 Å². The van der Waals surface area contributed by atoms with Crippen molar-refractivity contribution in [1.29, 1.82) is 0 Å². The number of benzene rings is 1. The maximum atomic E-state index is 12.5. The molecule has 1 aromatic heterocycles. The van der Waals surface area contributed by atoms with Crippen LogP contribution >= 0.6 is 23.2 Å². The van der Waals surface area contributed by atoms with Gasteiger partial charge in [-0.2, -0.15) is 5.10 Å². The van der Waals surface area contributed by atoms with E-state index in [2.05, 4.69) is 5.10 Å². The molecule has 0 saturated heterocycles. The van der Waals surface area contributed by atoms with Crippen LogP contribution in [-0.2, 0) is 16.0 Å². The number of ether oxygens (including phenoxy) is 2. The number of Topliss-reactive ketones (excluding diaryl/α,β-unsaturated/α-hetero) is 1. The van der Waals surface area contributed by atoms with Crippen LogP contribution in [0.2, 0.25) is 10.0 Å². The zero-order valence-corrected chi connectivity index (χ0v) is 15.6. The molecule has 0 saturated carbocycles. The summed E-state index contributed by atoms with van der Waals surface area (Å²) in [7, 11) is 0. The van der Waals surface area contributed by atoms with E-state index in [-0.39, 0.29) is 41.7 Å². The Morgan fingerprint density at radius 2 is 1.69 bits per heavy atom. The van der Waals surface area contributed by atoms with Gasteiger partial charge in [0.25, 0.3) is 0 Å². The minimum atomic E-state index is -0.703. The van der Waals surface area contributed by atoms with Crippen LogP contribution in [0.25, 0.3) is 0 Å². The SMILES string of the molecule is CCOC(=O)c1cc(C(=O)OCC)n(CC(=O)c2ccc(Cl)cc2Cl)n1. The second-order valence-corrected chi connectivity index (χ2v) is 5.90. The lowest BCUT2D eigenvalue weighted by Crippen LogP contribution is -2.19. The van der Waals surface area contributed by atoms with Crippen LogP contribution in [0.3, 0.4) is 0 Å². The Hall–Kier alpha value is -2.38. The van der Waals surface area contributed by atoms with E-state index >= 15 is 0 Å². The van der Waals surface area contributed by atoms with Crippen molar-refractivity contribution < 1.29 is 23.9 Å². The molecule has 0 aliphatic rings. The summed E-state index contributed by atoms with van der Waals surface area (Å²) in [6.45, 7) is 3.26. The molecular weight excluding hydrogens is 383 g/mol. The molecule has 1 aromatic carbocycles. The lowest BCUT2D eigenvalue weighted by atomic mass is 10.1. The Bertz CT molecular complexity index is 848. The number of carbonyl (C=O) groups excluding carboxylic acids is 3. The first-order valence-electron chi connectivity index (χ1n) is 7.77. The number of esters is 2. The van der Waals surface area contributed by atoms with E-state index < -0.39 is 17.7 Å². The van der Waals surface area contributed by atoms with E-state index in [0.29, 0.717) is 5.02 Å². The number of carbonyl (C=O) groups is 3. The van der Waals surface area contributed by atoms with Gasteiger partial charge in [0, 0.05) is 16.7 Å². The van der Waals surface area contributed by atoms with Gasteiger partial charge in [-0.1, -0.05) is 23.2 Å². The van der Waals surface area contributed by atoms with Crippen molar-refractivity contribution >= 4 is 40.9 Å². The first kappa shape index (κ1) is 19.9. The van der Waals surface area contributed by atoms with Crippen molar-refractivity contribution in [3.8, 4) is 0 Å². The predicted octanol–water partition coefficient (Wildman–Crippen LogP) is 3.43. The lowest BCUT2D eigenvalue weighted by molar-refractivity contribution is 0.0505. The van der Waals surface area contributed by atoms with Gasteiger partial charge in [-0.25, -0.2) is 14.3 Å². The van der Waals surface area contributed by atoms with E-state index in [1.165, 1.54) is 24.3 Å². The molecular formula is C17H16Cl2N2O5. The van der Waals surface area contributed by atoms with E-state index in [9.17, 15) is 14.4 Å². The summed E-state index contributed by atoms with van der Waals surface area (Å²) in [5.41, 5.74) is 0.0947. The van der Waals surface area contributed by atoms with Gasteiger partial charge in [0.1, 0.15) is 12.2 Å². The third-order valence-electron chi connectivity index (χ3n) is 3.27. The van der Waals surface area contributed by atoms with Gasteiger partial charge in [-0.05, 0) is 32.0 Å². The quantitative estimate of drug-likeness (QED) is 0.524. The molecule has 26 heavy (non-hydrogen) atoms. The molecule has 138 valence electrons. The molecule has 1 heterocycles. The number of hydrogen-bond acceptors (Lipinski definition) is 6. The Morgan fingerprint density at radius 3 is 2.31 bits per heavy atom. The highest BCUT2D eigenvalue weighted by molar-refractivity contribution is 6.36. The number of aromatic nitrogens is 2. The average molecular weight is 399 g/mol. The molecule has 0 unspecified atom stereocenters. The van der Waals surface area contributed by atoms with Crippen LogP contribution < -0.4 is 0 Å². The predicted molar refractivity (Wildman–Crippen MR) is 94.9 cm³/mol. The summed E-state index contributed by atoms with van der Waals surface area (Å²) in [6, 6.07) is 5.68. The van der Waals surface area contributed by atoms with Crippen LogP contribution in [0.5, 0.6) is 0 Å². The Kier molecular flexibility index (Phi) is 6.76. The van der Waals surface area contributed by atoms with Crippen molar-refractivity contribution in [2.24, 2.45) is 0 Å². The smallest absolute Gasteiger partial charge is 0.358 e. The average Bonchev–Trinajstić information content (AvgIpc) is 2.99. The number of halogens is 2. The molecule has 0 atom stereocenters. The van der Waals surface area contributed by atoms with Crippen LogP contribution in [-0.4, -0.2) is 40.7 Å². The van der Waals surface area contributed by atoms with E-state index in [4.69, 9.17) is 32.7 Å². The third kappa shape index (κ3) is 4.62. The van der Waals surface area contributed by atoms with Gasteiger partial charge in [0.15, 0.2) is 11.5 Å². The second-order valence-electron chi connectivity index (χ2n) is 5.06. The first-order valence-corrected chi connectivity index (χ1v) is 8.53. The van der Waals surface area contributed by atoms with Crippen molar-refractivity contribution in [2.45, 2.75) is 20.4 Å². The van der Waals surface area contributed by atoms with Gasteiger partial charge >= 0.3 is 11.9 Å². The summed E-state index contributed by atoms with van der Waals surface area (Å²) < 4.78 is 10.9. The number of rotatable bonds is 7. The highest BCUT2D eigenvalue weighted by atomic mass is 35.5. The molecule has 0 amide bonds. The first-order chi connectivity index (χ1) is 12.4. The molecule has 0 spiro atoms. The number of nitrogens with zero attached hydrogens (tertiary/aromatic N) is 2. The molecule has 7 nitrogen and oxygen atoms in total. The molecule has 9 heteroatoms. The van der Waals surface area contributed by atoms with Crippen LogP contribution in [0.15, 0.2) is 24.3 Å². The van der Waals surface area contributed by atoms with E-state index in [1.54, 1.807) is 13.8 Å². The summed E-state index contributed by atoms with van der Waals surface area (Å²) in [6.07, 6.45) is 0. The lowest BCUT2D eigenvalue weighted by Gasteiger charge is -2.07. The molecule has 2 aromatic rings. The van der Waals surface area contributed by atoms with Gasteiger partial charge in [0.05, 0.1) is 18.2 Å². The van der Waals surface area contributed by atoms with Gasteiger partial charge < -0.3 is 9.47 Å². The highest BCUT2D eigenvalue weighted by Gasteiger charge is 2.23. The summed E-state index contributed by atoms with van der Waals surface area (Å²) in [5, 5.41) is 4.57. The fourth-order valence-electron chi connectivity index (χ4n) is 2.15. The number of ketones is 1.